The highest BCUT2D eigenvalue weighted by Crippen LogP contribution is 2.28. The second-order valence-electron chi connectivity index (χ2n) is 5.77. The van der Waals surface area contributed by atoms with E-state index in [0.29, 0.717) is 6.54 Å². The Balaban J connectivity index is 2.35. The van der Waals surface area contributed by atoms with Gasteiger partial charge in [0.05, 0.1) is 12.5 Å². The topological polar surface area (TPSA) is 40.5 Å². The zero-order valence-corrected chi connectivity index (χ0v) is 13.4. The van der Waals surface area contributed by atoms with Gasteiger partial charge in [-0.05, 0) is 49.6 Å². The number of hydrogen-bond donors (Lipinski definition) is 1. The zero-order chi connectivity index (χ0) is 16.1. The summed E-state index contributed by atoms with van der Waals surface area (Å²) < 4.78 is 0. The van der Waals surface area contributed by atoms with Crippen LogP contribution in [0.3, 0.4) is 0 Å². The van der Waals surface area contributed by atoms with Gasteiger partial charge in [0.25, 0.3) is 0 Å². The third kappa shape index (κ3) is 4.10. The second-order valence-corrected chi connectivity index (χ2v) is 5.77. The summed E-state index contributed by atoms with van der Waals surface area (Å²) in [7, 11) is 0. The molecule has 0 aliphatic carbocycles. The van der Waals surface area contributed by atoms with Gasteiger partial charge in [0.2, 0.25) is 0 Å². The number of carboxylic acid groups (broad SMARTS) is 1. The fraction of sp³-hybridized carbons (Fsp3) is 0.316. The van der Waals surface area contributed by atoms with Crippen LogP contribution in [-0.4, -0.2) is 17.6 Å². The average Bonchev–Trinajstić information content (AvgIpc) is 2.47. The number of anilines is 1. The number of rotatable bonds is 6. The van der Waals surface area contributed by atoms with Crippen molar-refractivity contribution in [3.05, 3.63) is 65.2 Å². The molecule has 1 atom stereocenters. The van der Waals surface area contributed by atoms with E-state index in [1.54, 1.807) is 0 Å². The number of nitrogens with zero attached hydrogens (tertiary/aromatic N) is 1. The summed E-state index contributed by atoms with van der Waals surface area (Å²) in [4.78, 5) is 13.2. The van der Waals surface area contributed by atoms with Crippen molar-refractivity contribution in [1.29, 1.82) is 0 Å². The standard InChI is InChI=1S/C19H23NO2/c1-14-11-15(2)13-18(12-14)20(10-9-19(21)22)16(3)17-7-5-4-6-8-17/h4-8,11-13,16H,9-10H2,1-3H3,(H,21,22). The van der Waals surface area contributed by atoms with Gasteiger partial charge < -0.3 is 10.0 Å². The smallest absolute Gasteiger partial charge is 0.305 e. The molecule has 1 unspecified atom stereocenters. The van der Waals surface area contributed by atoms with Crippen molar-refractivity contribution in [1.82, 2.24) is 0 Å². The first-order chi connectivity index (χ1) is 10.5. The number of carboxylic acids is 1. The average molecular weight is 297 g/mol. The number of aryl methyl sites for hydroxylation is 2. The molecule has 2 aromatic rings. The summed E-state index contributed by atoms with van der Waals surface area (Å²) in [5.74, 6) is -0.769. The summed E-state index contributed by atoms with van der Waals surface area (Å²) in [6.45, 7) is 6.75. The van der Waals surface area contributed by atoms with Crippen LogP contribution in [0.4, 0.5) is 5.69 Å². The second kappa shape index (κ2) is 7.12. The minimum Gasteiger partial charge on any atom is -0.481 e. The fourth-order valence-electron chi connectivity index (χ4n) is 2.79. The fourth-order valence-corrected chi connectivity index (χ4v) is 2.79. The first kappa shape index (κ1) is 16.1. The third-order valence-corrected chi connectivity index (χ3v) is 3.85. The molecule has 0 aliphatic heterocycles. The molecule has 0 bridgehead atoms. The molecule has 0 radical (unpaired) electrons. The quantitative estimate of drug-likeness (QED) is 0.862. The zero-order valence-electron chi connectivity index (χ0n) is 13.4. The van der Waals surface area contributed by atoms with Gasteiger partial charge >= 0.3 is 5.97 Å². The van der Waals surface area contributed by atoms with E-state index >= 15 is 0 Å². The van der Waals surface area contributed by atoms with Gasteiger partial charge in [-0.2, -0.15) is 0 Å². The predicted octanol–water partition coefficient (Wildman–Crippen LogP) is 4.35. The molecule has 2 rings (SSSR count). The van der Waals surface area contributed by atoms with E-state index in [4.69, 9.17) is 5.11 Å². The van der Waals surface area contributed by atoms with Gasteiger partial charge in [0.15, 0.2) is 0 Å². The van der Waals surface area contributed by atoms with E-state index in [1.165, 1.54) is 16.7 Å². The van der Waals surface area contributed by atoms with Crippen molar-refractivity contribution in [2.75, 3.05) is 11.4 Å². The van der Waals surface area contributed by atoms with Crippen molar-refractivity contribution < 1.29 is 9.90 Å². The minimum absolute atomic E-state index is 0.127. The van der Waals surface area contributed by atoms with E-state index in [2.05, 4.69) is 56.0 Å². The van der Waals surface area contributed by atoms with Gasteiger partial charge in [-0.3, -0.25) is 4.79 Å². The van der Waals surface area contributed by atoms with E-state index in [1.807, 2.05) is 18.2 Å². The number of benzene rings is 2. The third-order valence-electron chi connectivity index (χ3n) is 3.85. The van der Waals surface area contributed by atoms with E-state index in [0.717, 1.165) is 5.69 Å². The molecule has 1 N–H and O–H groups in total. The van der Waals surface area contributed by atoms with Crippen molar-refractivity contribution in [3.8, 4) is 0 Å². The maximum Gasteiger partial charge on any atom is 0.305 e. The molecule has 0 saturated carbocycles. The Morgan fingerprint density at radius 1 is 1.09 bits per heavy atom. The van der Waals surface area contributed by atoms with Gasteiger partial charge in [-0.25, -0.2) is 0 Å². The molecule has 116 valence electrons. The van der Waals surface area contributed by atoms with E-state index in [-0.39, 0.29) is 12.5 Å². The molecular formula is C19H23NO2. The van der Waals surface area contributed by atoms with Crippen LogP contribution in [-0.2, 0) is 4.79 Å². The molecule has 0 saturated heterocycles. The van der Waals surface area contributed by atoms with Gasteiger partial charge in [0.1, 0.15) is 0 Å². The Labute approximate surface area is 132 Å². The monoisotopic (exact) mass is 297 g/mol. The van der Waals surface area contributed by atoms with Crippen LogP contribution in [0.5, 0.6) is 0 Å². The maximum atomic E-state index is 11.0. The van der Waals surface area contributed by atoms with Crippen LogP contribution >= 0.6 is 0 Å². The summed E-state index contributed by atoms with van der Waals surface area (Å²) >= 11 is 0. The molecule has 0 fully saturated rings. The van der Waals surface area contributed by atoms with Gasteiger partial charge in [0, 0.05) is 12.2 Å². The Morgan fingerprint density at radius 2 is 1.68 bits per heavy atom. The number of aliphatic carboxylic acids is 1. The van der Waals surface area contributed by atoms with Crippen LogP contribution in [0, 0.1) is 13.8 Å². The minimum atomic E-state index is -0.769. The van der Waals surface area contributed by atoms with Crippen LogP contribution < -0.4 is 4.90 Å². The lowest BCUT2D eigenvalue weighted by Gasteiger charge is -2.32. The molecule has 3 nitrogen and oxygen atoms in total. The van der Waals surface area contributed by atoms with Crippen molar-refractivity contribution in [2.45, 2.75) is 33.2 Å². The van der Waals surface area contributed by atoms with Crippen LogP contribution in [0.2, 0.25) is 0 Å². The Hall–Kier alpha value is -2.29. The first-order valence-corrected chi connectivity index (χ1v) is 7.59. The van der Waals surface area contributed by atoms with Crippen LogP contribution in [0.25, 0.3) is 0 Å². The molecule has 22 heavy (non-hydrogen) atoms. The predicted molar refractivity (Wildman–Crippen MR) is 90.4 cm³/mol. The lowest BCUT2D eigenvalue weighted by molar-refractivity contribution is -0.136. The van der Waals surface area contributed by atoms with Crippen LogP contribution in [0.15, 0.2) is 48.5 Å². The SMILES string of the molecule is Cc1cc(C)cc(N(CCC(=O)O)C(C)c2ccccc2)c1. The lowest BCUT2D eigenvalue weighted by atomic mass is 10.0. The first-order valence-electron chi connectivity index (χ1n) is 7.59. The molecule has 2 aromatic carbocycles. The largest absolute Gasteiger partial charge is 0.481 e. The van der Waals surface area contributed by atoms with E-state index in [9.17, 15) is 4.79 Å². The van der Waals surface area contributed by atoms with Crippen molar-refractivity contribution >= 4 is 11.7 Å². The number of hydrogen-bond acceptors (Lipinski definition) is 2. The Kier molecular flexibility index (Phi) is 5.21. The molecule has 0 heterocycles. The van der Waals surface area contributed by atoms with Crippen molar-refractivity contribution in [2.24, 2.45) is 0 Å². The van der Waals surface area contributed by atoms with Gasteiger partial charge in [-0.1, -0.05) is 36.4 Å². The van der Waals surface area contributed by atoms with Gasteiger partial charge in [-0.15, -0.1) is 0 Å². The summed E-state index contributed by atoms with van der Waals surface area (Å²) in [6.07, 6.45) is 0.129. The Morgan fingerprint density at radius 3 is 2.23 bits per heavy atom. The molecule has 0 amide bonds. The molecular weight excluding hydrogens is 274 g/mol. The highest BCUT2D eigenvalue weighted by atomic mass is 16.4. The molecule has 3 heteroatoms. The molecule has 0 aromatic heterocycles. The lowest BCUT2D eigenvalue weighted by Crippen LogP contribution is -2.29. The summed E-state index contributed by atoms with van der Waals surface area (Å²) in [5, 5.41) is 9.04. The van der Waals surface area contributed by atoms with E-state index < -0.39 is 5.97 Å². The molecule has 0 aliphatic rings. The Bertz CT molecular complexity index is 617. The highest BCUT2D eigenvalue weighted by molar-refractivity contribution is 5.68. The number of carbonyl (C=O) groups is 1. The molecule has 0 spiro atoms. The summed E-state index contributed by atoms with van der Waals surface area (Å²) in [6, 6.07) is 16.7. The highest BCUT2D eigenvalue weighted by Gasteiger charge is 2.17. The maximum absolute atomic E-state index is 11.0. The van der Waals surface area contributed by atoms with Crippen molar-refractivity contribution in [3.63, 3.8) is 0 Å². The normalized spacial score (nSPS) is 12.0. The summed E-state index contributed by atoms with van der Waals surface area (Å²) in [5.41, 5.74) is 4.65. The van der Waals surface area contributed by atoms with Crippen LogP contribution in [0.1, 0.15) is 36.1 Å².